The number of benzene rings is 1. The Morgan fingerprint density at radius 1 is 1.05 bits per heavy atom. The lowest BCUT2D eigenvalue weighted by Gasteiger charge is -2.19. The molecule has 1 aromatic carbocycles. The highest BCUT2D eigenvalue weighted by Crippen LogP contribution is 2.31. The lowest BCUT2D eigenvalue weighted by molar-refractivity contribution is 0.171. The van der Waals surface area contributed by atoms with Crippen molar-refractivity contribution in [2.45, 2.75) is 32.6 Å². The van der Waals surface area contributed by atoms with Crippen molar-refractivity contribution < 1.29 is 9.47 Å². The number of rotatable bonds is 7. The minimum Gasteiger partial charge on any atom is -0.486 e. The molecule has 106 valence electrons. The second kappa shape index (κ2) is 7.39. The summed E-state index contributed by atoms with van der Waals surface area (Å²) in [5.74, 6) is 1.79. The average Bonchev–Trinajstić information content (AvgIpc) is 2.45. The van der Waals surface area contributed by atoms with E-state index in [9.17, 15) is 0 Å². The number of ether oxygens (including phenoxy) is 2. The summed E-state index contributed by atoms with van der Waals surface area (Å²) in [6.07, 6.45) is 4.86. The van der Waals surface area contributed by atoms with Gasteiger partial charge in [-0.05, 0) is 57.1 Å². The molecule has 3 nitrogen and oxygen atoms in total. The molecule has 19 heavy (non-hydrogen) atoms. The van der Waals surface area contributed by atoms with E-state index >= 15 is 0 Å². The van der Waals surface area contributed by atoms with Gasteiger partial charge in [-0.15, -0.1) is 0 Å². The summed E-state index contributed by atoms with van der Waals surface area (Å²) >= 11 is 0. The van der Waals surface area contributed by atoms with Crippen molar-refractivity contribution in [1.82, 2.24) is 4.90 Å². The quantitative estimate of drug-likeness (QED) is 0.754. The van der Waals surface area contributed by atoms with Crippen LogP contribution < -0.4 is 9.47 Å². The molecule has 1 aliphatic rings. The van der Waals surface area contributed by atoms with Crippen LogP contribution >= 0.6 is 0 Å². The predicted molar refractivity (Wildman–Crippen MR) is 78.2 cm³/mol. The standard InChI is InChI=1S/C16H25NO2/c1-3-4-9-17(2)10-5-6-14-7-8-15-16(13-14)19-12-11-18-15/h7-8,13H,3-6,9-12H2,1-2H3. The first-order chi connectivity index (χ1) is 9.29. The van der Waals surface area contributed by atoms with Gasteiger partial charge in [0.15, 0.2) is 11.5 Å². The van der Waals surface area contributed by atoms with Gasteiger partial charge in [-0.1, -0.05) is 19.4 Å². The van der Waals surface area contributed by atoms with Crippen LogP contribution in [0.2, 0.25) is 0 Å². The summed E-state index contributed by atoms with van der Waals surface area (Å²) in [5, 5.41) is 0. The lowest BCUT2D eigenvalue weighted by Crippen LogP contribution is -2.21. The summed E-state index contributed by atoms with van der Waals surface area (Å²) in [6.45, 7) is 5.93. The fourth-order valence-electron chi connectivity index (χ4n) is 2.34. The highest BCUT2D eigenvalue weighted by Gasteiger charge is 2.11. The van der Waals surface area contributed by atoms with E-state index in [1.54, 1.807) is 0 Å². The third-order valence-electron chi connectivity index (χ3n) is 3.51. The maximum Gasteiger partial charge on any atom is 0.161 e. The van der Waals surface area contributed by atoms with Gasteiger partial charge in [-0.25, -0.2) is 0 Å². The molecule has 0 aliphatic carbocycles. The zero-order chi connectivity index (χ0) is 13.5. The molecule has 0 atom stereocenters. The average molecular weight is 263 g/mol. The van der Waals surface area contributed by atoms with E-state index in [1.807, 2.05) is 6.07 Å². The zero-order valence-corrected chi connectivity index (χ0v) is 12.2. The van der Waals surface area contributed by atoms with E-state index in [0.717, 1.165) is 24.5 Å². The monoisotopic (exact) mass is 263 g/mol. The summed E-state index contributed by atoms with van der Waals surface area (Å²) in [4.78, 5) is 2.42. The highest BCUT2D eigenvalue weighted by molar-refractivity contribution is 5.43. The van der Waals surface area contributed by atoms with Gasteiger partial charge in [0.2, 0.25) is 0 Å². The normalized spacial score (nSPS) is 13.8. The Balaban J connectivity index is 1.77. The Hall–Kier alpha value is -1.22. The molecular weight excluding hydrogens is 238 g/mol. The molecule has 1 heterocycles. The van der Waals surface area contributed by atoms with Crippen molar-refractivity contribution >= 4 is 0 Å². The lowest BCUT2D eigenvalue weighted by atomic mass is 10.1. The van der Waals surface area contributed by atoms with Gasteiger partial charge < -0.3 is 14.4 Å². The Bertz CT molecular complexity index is 392. The zero-order valence-electron chi connectivity index (χ0n) is 12.2. The molecule has 0 unspecified atom stereocenters. The van der Waals surface area contributed by atoms with Crippen LogP contribution in [0.25, 0.3) is 0 Å². The van der Waals surface area contributed by atoms with Crippen molar-refractivity contribution in [1.29, 1.82) is 0 Å². The van der Waals surface area contributed by atoms with Gasteiger partial charge >= 0.3 is 0 Å². The molecule has 3 heteroatoms. The van der Waals surface area contributed by atoms with Crippen molar-refractivity contribution in [3.8, 4) is 11.5 Å². The van der Waals surface area contributed by atoms with Gasteiger partial charge in [0.05, 0.1) is 0 Å². The summed E-state index contributed by atoms with van der Waals surface area (Å²) in [5.41, 5.74) is 1.34. The first-order valence-electron chi connectivity index (χ1n) is 7.36. The first kappa shape index (κ1) is 14.2. The highest BCUT2D eigenvalue weighted by atomic mass is 16.6. The van der Waals surface area contributed by atoms with Crippen molar-refractivity contribution in [3.63, 3.8) is 0 Å². The third-order valence-corrected chi connectivity index (χ3v) is 3.51. The molecule has 0 N–H and O–H groups in total. The van der Waals surface area contributed by atoms with Crippen LogP contribution in [-0.2, 0) is 6.42 Å². The third kappa shape index (κ3) is 4.43. The number of fused-ring (bicyclic) bond motifs is 1. The van der Waals surface area contributed by atoms with Crippen molar-refractivity contribution in [2.75, 3.05) is 33.4 Å². The van der Waals surface area contributed by atoms with Gasteiger partial charge in [0.25, 0.3) is 0 Å². The van der Waals surface area contributed by atoms with E-state index in [1.165, 1.54) is 31.4 Å². The molecule has 0 saturated carbocycles. The largest absolute Gasteiger partial charge is 0.486 e. The summed E-state index contributed by atoms with van der Waals surface area (Å²) < 4.78 is 11.1. The van der Waals surface area contributed by atoms with Crippen LogP contribution in [0.1, 0.15) is 31.7 Å². The molecule has 2 rings (SSSR count). The van der Waals surface area contributed by atoms with E-state index in [2.05, 4.69) is 31.0 Å². The van der Waals surface area contributed by atoms with Gasteiger partial charge in [0.1, 0.15) is 13.2 Å². The van der Waals surface area contributed by atoms with Crippen LogP contribution in [0.3, 0.4) is 0 Å². The molecular formula is C16H25NO2. The SMILES string of the molecule is CCCCN(C)CCCc1ccc2c(c1)OCCO2. The number of nitrogens with zero attached hydrogens (tertiary/aromatic N) is 1. The fraction of sp³-hybridized carbons (Fsp3) is 0.625. The van der Waals surface area contributed by atoms with E-state index in [4.69, 9.17) is 9.47 Å². The molecule has 1 aliphatic heterocycles. The molecule has 0 spiro atoms. The molecule has 0 aromatic heterocycles. The first-order valence-corrected chi connectivity index (χ1v) is 7.36. The van der Waals surface area contributed by atoms with Gasteiger partial charge in [-0.3, -0.25) is 0 Å². The second-order valence-corrected chi connectivity index (χ2v) is 5.24. The van der Waals surface area contributed by atoms with Crippen molar-refractivity contribution in [3.05, 3.63) is 23.8 Å². The molecule has 0 saturated heterocycles. The molecule has 1 aromatic rings. The molecule has 0 fully saturated rings. The number of hydrogen-bond donors (Lipinski definition) is 0. The number of aryl methyl sites for hydroxylation is 1. The summed E-state index contributed by atoms with van der Waals surface area (Å²) in [7, 11) is 2.21. The molecule has 0 radical (unpaired) electrons. The topological polar surface area (TPSA) is 21.7 Å². The van der Waals surface area contributed by atoms with E-state index in [-0.39, 0.29) is 0 Å². The predicted octanol–water partition coefficient (Wildman–Crippen LogP) is 3.12. The minimum atomic E-state index is 0.661. The van der Waals surface area contributed by atoms with Crippen LogP contribution in [0, 0.1) is 0 Å². The van der Waals surface area contributed by atoms with E-state index < -0.39 is 0 Å². The molecule has 0 amide bonds. The van der Waals surface area contributed by atoms with Gasteiger partial charge in [-0.2, -0.15) is 0 Å². The Labute approximate surface area is 116 Å². The number of unbranched alkanes of at least 4 members (excludes halogenated alkanes) is 1. The Kier molecular flexibility index (Phi) is 5.52. The maximum absolute atomic E-state index is 5.61. The minimum absolute atomic E-state index is 0.661. The Morgan fingerprint density at radius 3 is 2.58 bits per heavy atom. The second-order valence-electron chi connectivity index (χ2n) is 5.24. The van der Waals surface area contributed by atoms with E-state index in [0.29, 0.717) is 13.2 Å². The van der Waals surface area contributed by atoms with Crippen molar-refractivity contribution in [2.24, 2.45) is 0 Å². The van der Waals surface area contributed by atoms with Gasteiger partial charge in [0, 0.05) is 0 Å². The van der Waals surface area contributed by atoms with Crippen LogP contribution in [0.15, 0.2) is 18.2 Å². The number of hydrogen-bond acceptors (Lipinski definition) is 3. The maximum atomic E-state index is 5.61. The molecule has 0 bridgehead atoms. The Morgan fingerprint density at radius 2 is 1.79 bits per heavy atom. The summed E-state index contributed by atoms with van der Waals surface area (Å²) in [6, 6.07) is 6.31. The van der Waals surface area contributed by atoms with Crippen LogP contribution in [-0.4, -0.2) is 38.3 Å². The van der Waals surface area contributed by atoms with Crippen LogP contribution in [0.4, 0.5) is 0 Å². The smallest absolute Gasteiger partial charge is 0.161 e. The fourth-order valence-corrected chi connectivity index (χ4v) is 2.34. The van der Waals surface area contributed by atoms with Crippen LogP contribution in [0.5, 0.6) is 11.5 Å².